The number of aryl methyl sites for hydroxylation is 2. The normalized spacial score (nSPS) is 15.4. The summed E-state index contributed by atoms with van der Waals surface area (Å²) in [5.74, 6) is -0.377. The Bertz CT molecular complexity index is 1010. The van der Waals surface area contributed by atoms with E-state index in [9.17, 15) is 14.4 Å². The van der Waals surface area contributed by atoms with Crippen molar-refractivity contribution in [2.75, 3.05) is 29.9 Å². The molecule has 0 spiro atoms. The van der Waals surface area contributed by atoms with Gasteiger partial charge in [0.25, 0.3) is 5.91 Å². The molecule has 168 valence electrons. The van der Waals surface area contributed by atoms with Crippen LogP contribution in [0.2, 0.25) is 0 Å². The number of nitrogens with one attached hydrogen (secondary N) is 2. The number of hydrogen-bond acceptors (Lipinski definition) is 4. The molecular weight excluding hydrogens is 474 g/mol. The number of carbonyl (C=O) groups is 3. The van der Waals surface area contributed by atoms with Crippen LogP contribution < -0.4 is 20.3 Å². The summed E-state index contributed by atoms with van der Waals surface area (Å²) in [5, 5.41) is 5.62. The standard InChI is InChI=1S/C24H26BrN3O4/c1-4-9-26-24(31)17-12-22(30)28(13-17)19-5-7-20(8-6-19)32-14-21(29)27-23-15(2)10-18(25)11-16(23)3/h4-8,10-11,17H,1,9,12-14H2,2-3H3,(H,26,31)(H,27,29)/t17-/m1/s1. The molecule has 8 heteroatoms. The summed E-state index contributed by atoms with van der Waals surface area (Å²) in [4.78, 5) is 38.4. The number of anilines is 2. The van der Waals surface area contributed by atoms with Crippen LogP contribution >= 0.6 is 15.9 Å². The molecule has 0 saturated carbocycles. The number of rotatable bonds is 8. The van der Waals surface area contributed by atoms with Crippen molar-refractivity contribution in [3.05, 3.63) is 64.7 Å². The molecule has 3 amide bonds. The number of amides is 3. The van der Waals surface area contributed by atoms with Crippen molar-refractivity contribution in [2.45, 2.75) is 20.3 Å². The van der Waals surface area contributed by atoms with Crippen molar-refractivity contribution in [2.24, 2.45) is 5.92 Å². The topological polar surface area (TPSA) is 87.7 Å². The Balaban J connectivity index is 1.55. The summed E-state index contributed by atoms with van der Waals surface area (Å²) < 4.78 is 6.55. The average Bonchev–Trinajstić information content (AvgIpc) is 3.15. The van der Waals surface area contributed by atoms with Gasteiger partial charge in [0, 0.05) is 35.4 Å². The molecule has 1 aliphatic heterocycles. The minimum Gasteiger partial charge on any atom is -0.484 e. The zero-order valence-electron chi connectivity index (χ0n) is 18.1. The van der Waals surface area contributed by atoms with E-state index in [1.54, 1.807) is 35.2 Å². The van der Waals surface area contributed by atoms with Gasteiger partial charge in [-0.2, -0.15) is 0 Å². The fourth-order valence-corrected chi connectivity index (χ4v) is 4.29. The highest BCUT2D eigenvalue weighted by atomic mass is 79.9. The highest BCUT2D eigenvalue weighted by Gasteiger charge is 2.34. The maximum absolute atomic E-state index is 12.4. The van der Waals surface area contributed by atoms with Gasteiger partial charge in [0.05, 0.1) is 5.92 Å². The zero-order valence-corrected chi connectivity index (χ0v) is 19.7. The number of benzene rings is 2. The highest BCUT2D eigenvalue weighted by Crippen LogP contribution is 2.27. The number of halogens is 1. The van der Waals surface area contributed by atoms with Crippen LogP contribution in [0.1, 0.15) is 17.5 Å². The first kappa shape index (κ1) is 23.5. The lowest BCUT2D eigenvalue weighted by Crippen LogP contribution is -2.32. The molecule has 1 saturated heterocycles. The van der Waals surface area contributed by atoms with Gasteiger partial charge < -0.3 is 20.3 Å². The Morgan fingerprint density at radius 1 is 1.22 bits per heavy atom. The van der Waals surface area contributed by atoms with Crippen molar-refractivity contribution in [1.29, 1.82) is 0 Å². The first-order chi connectivity index (χ1) is 15.3. The van der Waals surface area contributed by atoms with Gasteiger partial charge in [0.15, 0.2) is 6.61 Å². The molecule has 2 aromatic rings. The third-order valence-electron chi connectivity index (χ3n) is 5.20. The number of ether oxygens (including phenoxy) is 1. The van der Waals surface area contributed by atoms with Gasteiger partial charge in [-0.1, -0.05) is 22.0 Å². The van der Waals surface area contributed by atoms with E-state index in [0.717, 1.165) is 21.3 Å². The summed E-state index contributed by atoms with van der Waals surface area (Å²) in [5.41, 5.74) is 3.38. The minimum absolute atomic E-state index is 0.1000. The Hall–Kier alpha value is -3.13. The molecule has 32 heavy (non-hydrogen) atoms. The van der Waals surface area contributed by atoms with E-state index >= 15 is 0 Å². The fourth-order valence-electron chi connectivity index (χ4n) is 3.60. The maximum atomic E-state index is 12.4. The summed E-state index contributed by atoms with van der Waals surface area (Å²) >= 11 is 3.44. The van der Waals surface area contributed by atoms with Crippen LogP contribution in [0.5, 0.6) is 5.75 Å². The lowest BCUT2D eigenvalue weighted by Gasteiger charge is -2.17. The molecule has 2 N–H and O–H groups in total. The predicted octanol–water partition coefficient (Wildman–Crippen LogP) is 3.74. The molecule has 0 radical (unpaired) electrons. The van der Waals surface area contributed by atoms with Crippen LogP contribution in [0.4, 0.5) is 11.4 Å². The Labute approximate surface area is 195 Å². The highest BCUT2D eigenvalue weighted by molar-refractivity contribution is 9.10. The van der Waals surface area contributed by atoms with Crippen LogP contribution in [0.15, 0.2) is 53.5 Å². The second-order valence-electron chi connectivity index (χ2n) is 7.68. The molecule has 0 bridgehead atoms. The van der Waals surface area contributed by atoms with Crippen LogP contribution in [0.25, 0.3) is 0 Å². The number of nitrogens with zero attached hydrogens (tertiary/aromatic N) is 1. The molecule has 2 aromatic carbocycles. The SMILES string of the molecule is C=CCNC(=O)[C@@H]1CC(=O)N(c2ccc(OCC(=O)Nc3c(C)cc(Br)cc3C)cc2)C1. The van der Waals surface area contributed by atoms with Crippen LogP contribution in [0.3, 0.4) is 0 Å². The first-order valence-electron chi connectivity index (χ1n) is 10.3. The second-order valence-corrected chi connectivity index (χ2v) is 8.60. The summed E-state index contributed by atoms with van der Waals surface area (Å²) in [6.45, 7) is 8.01. The van der Waals surface area contributed by atoms with Crippen molar-refractivity contribution in [3.63, 3.8) is 0 Å². The van der Waals surface area contributed by atoms with Gasteiger partial charge in [-0.05, 0) is 61.4 Å². The third kappa shape index (κ3) is 5.76. The number of hydrogen-bond donors (Lipinski definition) is 2. The Morgan fingerprint density at radius 3 is 2.50 bits per heavy atom. The lowest BCUT2D eigenvalue weighted by atomic mass is 10.1. The smallest absolute Gasteiger partial charge is 0.262 e. The molecule has 1 heterocycles. The van der Waals surface area contributed by atoms with Gasteiger partial charge >= 0.3 is 0 Å². The van der Waals surface area contributed by atoms with Crippen molar-refractivity contribution in [3.8, 4) is 5.75 Å². The molecule has 3 rings (SSSR count). The van der Waals surface area contributed by atoms with Crippen molar-refractivity contribution >= 4 is 45.0 Å². The molecule has 7 nitrogen and oxygen atoms in total. The minimum atomic E-state index is -0.382. The van der Waals surface area contributed by atoms with Gasteiger partial charge in [0.1, 0.15) is 5.75 Å². The summed E-state index contributed by atoms with van der Waals surface area (Å²) in [6.07, 6.45) is 1.78. The first-order valence-corrected chi connectivity index (χ1v) is 11.1. The van der Waals surface area contributed by atoms with Gasteiger partial charge in [-0.15, -0.1) is 6.58 Å². The summed E-state index contributed by atoms with van der Waals surface area (Å²) in [7, 11) is 0. The maximum Gasteiger partial charge on any atom is 0.262 e. The Kier molecular flexibility index (Phi) is 7.69. The van der Waals surface area contributed by atoms with E-state index in [-0.39, 0.29) is 36.7 Å². The third-order valence-corrected chi connectivity index (χ3v) is 5.65. The summed E-state index contributed by atoms with van der Waals surface area (Å²) in [6, 6.07) is 10.8. The van der Waals surface area contributed by atoms with Crippen molar-refractivity contribution in [1.82, 2.24) is 5.32 Å². The molecule has 1 atom stereocenters. The van der Waals surface area contributed by atoms with E-state index in [1.807, 2.05) is 26.0 Å². The molecule has 0 aromatic heterocycles. The fraction of sp³-hybridized carbons (Fsp3) is 0.292. The van der Waals surface area contributed by atoms with Crippen LogP contribution in [-0.2, 0) is 14.4 Å². The lowest BCUT2D eigenvalue weighted by molar-refractivity contribution is -0.126. The Morgan fingerprint density at radius 2 is 1.88 bits per heavy atom. The van der Waals surface area contributed by atoms with Gasteiger partial charge in [-0.3, -0.25) is 14.4 Å². The molecule has 0 aliphatic carbocycles. The quantitative estimate of drug-likeness (QED) is 0.541. The van der Waals surface area contributed by atoms with Gasteiger partial charge in [-0.25, -0.2) is 0 Å². The van der Waals surface area contributed by atoms with E-state index in [1.165, 1.54) is 0 Å². The van der Waals surface area contributed by atoms with Crippen molar-refractivity contribution < 1.29 is 19.1 Å². The zero-order chi connectivity index (χ0) is 23.3. The van der Waals surface area contributed by atoms with E-state index < -0.39 is 0 Å². The average molecular weight is 500 g/mol. The predicted molar refractivity (Wildman–Crippen MR) is 128 cm³/mol. The van der Waals surface area contributed by atoms with E-state index in [4.69, 9.17) is 4.74 Å². The van der Waals surface area contributed by atoms with Crippen LogP contribution in [-0.4, -0.2) is 37.4 Å². The van der Waals surface area contributed by atoms with Gasteiger partial charge in [0.2, 0.25) is 11.8 Å². The van der Waals surface area contributed by atoms with Crippen LogP contribution in [0, 0.1) is 19.8 Å². The van der Waals surface area contributed by atoms with E-state index in [2.05, 4.69) is 33.1 Å². The molecule has 0 unspecified atom stereocenters. The molecule has 1 fully saturated rings. The molecular formula is C24H26BrN3O4. The largest absolute Gasteiger partial charge is 0.484 e. The van der Waals surface area contributed by atoms with E-state index in [0.29, 0.717) is 24.5 Å². The monoisotopic (exact) mass is 499 g/mol. The molecule has 1 aliphatic rings. The second kappa shape index (κ2) is 10.5. The number of carbonyl (C=O) groups excluding carboxylic acids is 3.